The standard InChI is InChI=1S/C19H22N4O2.2ClH/c1-13-7-9-21-12-17(13)23-18(24)14-4-2-6-16(10-14)22-19(25)15-5-3-8-20-11-15;;/h2-6,8,10-11,13,17,21H,7,9,12H2,1H3,(H,22,25)(H,23,24);2*1H. The Labute approximate surface area is 171 Å². The van der Waals surface area contributed by atoms with Crippen LogP contribution in [0.1, 0.15) is 34.1 Å². The Bertz CT molecular complexity index is 758. The highest BCUT2D eigenvalue weighted by atomic mass is 35.5. The van der Waals surface area contributed by atoms with Crippen molar-refractivity contribution in [3.8, 4) is 0 Å². The van der Waals surface area contributed by atoms with Crippen molar-refractivity contribution in [3.63, 3.8) is 0 Å². The third-order valence-electron chi connectivity index (χ3n) is 4.45. The van der Waals surface area contributed by atoms with Crippen LogP contribution in [0.4, 0.5) is 5.69 Å². The summed E-state index contributed by atoms with van der Waals surface area (Å²) in [6, 6.07) is 10.5. The molecule has 0 aliphatic carbocycles. The molecule has 6 nitrogen and oxygen atoms in total. The minimum atomic E-state index is -0.254. The lowest BCUT2D eigenvalue weighted by atomic mass is 9.94. The third kappa shape index (κ3) is 6.20. The molecule has 27 heavy (non-hydrogen) atoms. The topological polar surface area (TPSA) is 83.1 Å². The summed E-state index contributed by atoms with van der Waals surface area (Å²) < 4.78 is 0. The fraction of sp³-hybridized carbons (Fsp3) is 0.316. The molecule has 3 N–H and O–H groups in total. The van der Waals surface area contributed by atoms with E-state index in [1.54, 1.807) is 42.6 Å². The Hall–Kier alpha value is -2.15. The van der Waals surface area contributed by atoms with Crippen LogP contribution in [-0.2, 0) is 0 Å². The zero-order valence-corrected chi connectivity index (χ0v) is 16.6. The predicted molar refractivity (Wildman–Crippen MR) is 111 cm³/mol. The average Bonchev–Trinajstić information content (AvgIpc) is 2.64. The van der Waals surface area contributed by atoms with E-state index < -0.39 is 0 Å². The highest BCUT2D eigenvalue weighted by Gasteiger charge is 2.23. The van der Waals surface area contributed by atoms with Crippen molar-refractivity contribution in [2.75, 3.05) is 18.4 Å². The van der Waals surface area contributed by atoms with Crippen molar-refractivity contribution in [1.29, 1.82) is 0 Å². The lowest BCUT2D eigenvalue weighted by molar-refractivity contribution is 0.0914. The van der Waals surface area contributed by atoms with Gasteiger partial charge in [0.1, 0.15) is 0 Å². The van der Waals surface area contributed by atoms with Gasteiger partial charge in [-0.05, 0) is 49.2 Å². The van der Waals surface area contributed by atoms with Crippen LogP contribution in [0.15, 0.2) is 48.8 Å². The Kier molecular flexibility index (Phi) is 9.21. The summed E-state index contributed by atoms with van der Waals surface area (Å²) in [5, 5.41) is 9.17. The second-order valence-electron chi connectivity index (χ2n) is 6.33. The molecule has 146 valence electrons. The number of aromatic nitrogens is 1. The maximum Gasteiger partial charge on any atom is 0.257 e. The van der Waals surface area contributed by atoms with Gasteiger partial charge in [0.05, 0.1) is 5.56 Å². The van der Waals surface area contributed by atoms with Gasteiger partial charge in [-0.1, -0.05) is 13.0 Å². The summed E-state index contributed by atoms with van der Waals surface area (Å²) in [5.41, 5.74) is 1.58. The molecule has 2 aromatic rings. The van der Waals surface area contributed by atoms with Crippen molar-refractivity contribution in [2.45, 2.75) is 19.4 Å². The summed E-state index contributed by atoms with van der Waals surface area (Å²) in [4.78, 5) is 28.6. The maximum absolute atomic E-state index is 12.5. The van der Waals surface area contributed by atoms with Crippen molar-refractivity contribution >= 4 is 42.3 Å². The molecule has 8 heteroatoms. The van der Waals surface area contributed by atoms with Crippen molar-refractivity contribution < 1.29 is 9.59 Å². The van der Waals surface area contributed by atoms with Crippen molar-refractivity contribution in [2.24, 2.45) is 5.92 Å². The highest BCUT2D eigenvalue weighted by molar-refractivity contribution is 6.04. The number of halogens is 2. The van der Waals surface area contributed by atoms with Crippen LogP contribution in [0.5, 0.6) is 0 Å². The van der Waals surface area contributed by atoms with Crippen LogP contribution in [0.2, 0.25) is 0 Å². The number of carbonyl (C=O) groups excluding carboxylic acids is 2. The van der Waals surface area contributed by atoms with Gasteiger partial charge in [0, 0.05) is 36.2 Å². The van der Waals surface area contributed by atoms with Gasteiger partial charge in [-0.3, -0.25) is 14.6 Å². The van der Waals surface area contributed by atoms with Crippen molar-refractivity contribution in [3.05, 3.63) is 59.9 Å². The number of amides is 2. The predicted octanol–water partition coefficient (Wildman–Crippen LogP) is 2.91. The lowest BCUT2D eigenvalue weighted by Gasteiger charge is -2.30. The van der Waals surface area contributed by atoms with E-state index in [1.165, 1.54) is 6.20 Å². The Morgan fingerprint density at radius 2 is 1.89 bits per heavy atom. The number of rotatable bonds is 4. The number of hydrogen-bond acceptors (Lipinski definition) is 4. The largest absolute Gasteiger partial charge is 0.348 e. The van der Waals surface area contributed by atoms with Gasteiger partial charge in [-0.15, -0.1) is 24.8 Å². The van der Waals surface area contributed by atoms with Crippen LogP contribution < -0.4 is 16.0 Å². The number of benzene rings is 1. The molecule has 2 amide bonds. The summed E-state index contributed by atoms with van der Waals surface area (Å²) in [6.07, 6.45) is 4.17. The molecule has 1 aliphatic heterocycles. The Balaban J connectivity index is 0.00000182. The van der Waals surface area contributed by atoms with Crippen LogP contribution in [0, 0.1) is 5.92 Å². The normalized spacial score (nSPS) is 18.4. The molecule has 2 heterocycles. The van der Waals surface area contributed by atoms with E-state index in [0.29, 0.717) is 22.7 Å². The Morgan fingerprint density at radius 1 is 1.11 bits per heavy atom. The van der Waals surface area contributed by atoms with Gasteiger partial charge in [0.25, 0.3) is 11.8 Å². The lowest BCUT2D eigenvalue weighted by Crippen LogP contribution is -2.50. The van der Waals surface area contributed by atoms with Crippen LogP contribution in [0.3, 0.4) is 0 Å². The van der Waals surface area contributed by atoms with Gasteiger partial charge in [-0.25, -0.2) is 0 Å². The summed E-state index contributed by atoms with van der Waals surface area (Å²) in [7, 11) is 0. The van der Waals surface area contributed by atoms with E-state index in [0.717, 1.165) is 19.5 Å². The monoisotopic (exact) mass is 410 g/mol. The van der Waals surface area contributed by atoms with E-state index in [-0.39, 0.29) is 42.7 Å². The highest BCUT2D eigenvalue weighted by Crippen LogP contribution is 2.15. The minimum absolute atomic E-state index is 0. The molecule has 0 spiro atoms. The molecule has 1 fully saturated rings. The van der Waals surface area contributed by atoms with E-state index in [4.69, 9.17) is 0 Å². The number of piperidine rings is 1. The maximum atomic E-state index is 12.5. The smallest absolute Gasteiger partial charge is 0.257 e. The second kappa shape index (κ2) is 10.9. The zero-order valence-electron chi connectivity index (χ0n) is 15.0. The SMILES string of the molecule is CC1CCNCC1NC(=O)c1cccc(NC(=O)c2cccnc2)c1.Cl.Cl. The number of hydrogen-bond donors (Lipinski definition) is 3. The summed E-state index contributed by atoms with van der Waals surface area (Å²) in [6.45, 7) is 3.92. The molecule has 1 aromatic heterocycles. The number of pyridine rings is 1. The number of anilines is 1. The number of nitrogens with one attached hydrogen (secondary N) is 3. The van der Waals surface area contributed by atoms with E-state index in [1.807, 2.05) is 0 Å². The third-order valence-corrected chi connectivity index (χ3v) is 4.45. The quantitative estimate of drug-likeness (QED) is 0.723. The minimum Gasteiger partial charge on any atom is -0.348 e. The van der Waals surface area contributed by atoms with Crippen LogP contribution >= 0.6 is 24.8 Å². The van der Waals surface area contributed by atoms with Gasteiger partial charge in [-0.2, -0.15) is 0 Å². The molecule has 2 unspecified atom stereocenters. The molecular weight excluding hydrogens is 387 g/mol. The van der Waals surface area contributed by atoms with Crippen LogP contribution in [0.25, 0.3) is 0 Å². The first-order valence-electron chi connectivity index (χ1n) is 8.46. The van der Waals surface area contributed by atoms with E-state index >= 15 is 0 Å². The number of nitrogens with zero attached hydrogens (tertiary/aromatic N) is 1. The molecule has 1 aromatic carbocycles. The van der Waals surface area contributed by atoms with E-state index in [9.17, 15) is 9.59 Å². The average molecular weight is 411 g/mol. The fourth-order valence-electron chi connectivity index (χ4n) is 2.87. The van der Waals surface area contributed by atoms with Gasteiger partial charge in [0.15, 0.2) is 0 Å². The summed E-state index contributed by atoms with van der Waals surface area (Å²) >= 11 is 0. The molecule has 0 bridgehead atoms. The second-order valence-corrected chi connectivity index (χ2v) is 6.33. The molecule has 3 rings (SSSR count). The molecular formula is C19H24Cl2N4O2. The van der Waals surface area contributed by atoms with Crippen molar-refractivity contribution in [1.82, 2.24) is 15.6 Å². The molecule has 2 atom stereocenters. The zero-order chi connectivity index (χ0) is 17.6. The molecule has 0 radical (unpaired) electrons. The molecule has 1 aliphatic rings. The first-order chi connectivity index (χ1) is 12.1. The first kappa shape index (κ1) is 22.9. The number of carbonyl (C=O) groups is 2. The van der Waals surface area contributed by atoms with E-state index in [2.05, 4.69) is 27.9 Å². The van der Waals surface area contributed by atoms with Crippen LogP contribution in [-0.4, -0.2) is 35.9 Å². The van der Waals surface area contributed by atoms with Gasteiger partial charge in [0.2, 0.25) is 0 Å². The fourth-order valence-corrected chi connectivity index (χ4v) is 2.87. The summed E-state index contributed by atoms with van der Waals surface area (Å²) in [5.74, 6) is 0.0625. The van der Waals surface area contributed by atoms with Gasteiger partial charge >= 0.3 is 0 Å². The molecule has 1 saturated heterocycles. The molecule has 0 saturated carbocycles. The first-order valence-corrected chi connectivity index (χ1v) is 8.46. The Morgan fingerprint density at radius 3 is 2.59 bits per heavy atom. The van der Waals surface area contributed by atoms with Gasteiger partial charge < -0.3 is 16.0 Å².